The molecular formula is C31H37N3O3. The summed E-state index contributed by atoms with van der Waals surface area (Å²) in [6.07, 6.45) is 4.27. The van der Waals surface area contributed by atoms with Crippen molar-refractivity contribution >= 4 is 23.2 Å². The van der Waals surface area contributed by atoms with Crippen molar-refractivity contribution in [1.82, 2.24) is 5.32 Å². The molecule has 0 unspecified atom stereocenters. The molecule has 37 heavy (non-hydrogen) atoms. The molecule has 2 amide bonds. The zero-order valence-corrected chi connectivity index (χ0v) is 21.8. The molecule has 0 aromatic heterocycles. The van der Waals surface area contributed by atoms with Crippen LogP contribution in [0.1, 0.15) is 65.8 Å². The maximum absolute atomic E-state index is 13.3. The Labute approximate surface area is 220 Å². The second kappa shape index (κ2) is 12.9. The van der Waals surface area contributed by atoms with E-state index < -0.39 is 0 Å². The monoisotopic (exact) mass is 499 g/mol. The predicted octanol–water partition coefficient (Wildman–Crippen LogP) is 6.28. The number of piperidine rings is 1. The molecule has 0 saturated carbocycles. The van der Waals surface area contributed by atoms with Crippen LogP contribution in [0.15, 0.2) is 72.8 Å². The van der Waals surface area contributed by atoms with Gasteiger partial charge in [-0.2, -0.15) is 0 Å². The molecule has 0 aliphatic carbocycles. The summed E-state index contributed by atoms with van der Waals surface area (Å²) in [4.78, 5) is 28.6. The average molecular weight is 500 g/mol. The van der Waals surface area contributed by atoms with E-state index in [0.29, 0.717) is 35.9 Å². The predicted molar refractivity (Wildman–Crippen MR) is 149 cm³/mol. The lowest BCUT2D eigenvalue weighted by Gasteiger charge is -2.33. The quantitative estimate of drug-likeness (QED) is 0.322. The van der Waals surface area contributed by atoms with Gasteiger partial charge < -0.3 is 20.3 Å². The zero-order chi connectivity index (χ0) is 26.0. The second-order valence-corrected chi connectivity index (χ2v) is 9.75. The fourth-order valence-corrected chi connectivity index (χ4v) is 4.43. The Morgan fingerprint density at radius 2 is 1.68 bits per heavy atom. The van der Waals surface area contributed by atoms with Gasteiger partial charge in [-0.3, -0.25) is 9.59 Å². The van der Waals surface area contributed by atoms with Crippen LogP contribution < -0.4 is 20.3 Å². The van der Waals surface area contributed by atoms with E-state index in [1.165, 1.54) is 0 Å². The Morgan fingerprint density at radius 3 is 2.38 bits per heavy atom. The lowest BCUT2D eigenvalue weighted by Crippen LogP contribution is -2.35. The lowest BCUT2D eigenvalue weighted by atomic mass is 9.97. The lowest BCUT2D eigenvalue weighted by molar-refractivity contribution is 0.0950. The molecule has 1 aliphatic rings. The summed E-state index contributed by atoms with van der Waals surface area (Å²) >= 11 is 0. The number of rotatable bonds is 10. The minimum atomic E-state index is -0.227. The molecule has 1 fully saturated rings. The molecule has 6 nitrogen and oxygen atoms in total. The Morgan fingerprint density at radius 1 is 0.946 bits per heavy atom. The van der Waals surface area contributed by atoms with Gasteiger partial charge in [-0.1, -0.05) is 50.6 Å². The zero-order valence-electron chi connectivity index (χ0n) is 21.8. The molecule has 0 bridgehead atoms. The van der Waals surface area contributed by atoms with E-state index in [4.69, 9.17) is 4.74 Å². The first-order valence-corrected chi connectivity index (χ1v) is 13.3. The van der Waals surface area contributed by atoms with Crippen LogP contribution in [0, 0.1) is 5.92 Å². The summed E-state index contributed by atoms with van der Waals surface area (Å²) in [6.45, 7) is 7.33. The van der Waals surface area contributed by atoms with Crippen LogP contribution in [0.4, 0.5) is 11.4 Å². The van der Waals surface area contributed by atoms with Gasteiger partial charge in [-0.05, 0) is 73.2 Å². The van der Waals surface area contributed by atoms with Crippen LogP contribution in [-0.2, 0) is 6.54 Å². The smallest absolute Gasteiger partial charge is 0.255 e. The summed E-state index contributed by atoms with van der Waals surface area (Å²) in [5.41, 5.74) is 3.64. The minimum Gasteiger partial charge on any atom is -0.494 e. The maximum atomic E-state index is 13.3. The number of hydrogen-bond donors (Lipinski definition) is 2. The van der Waals surface area contributed by atoms with Crippen LogP contribution in [0.5, 0.6) is 5.75 Å². The van der Waals surface area contributed by atoms with Crippen LogP contribution >= 0.6 is 0 Å². The van der Waals surface area contributed by atoms with Gasteiger partial charge in [0.05, 0.1) is 12.2 Å². The van der Waals surface area contributed by atoms with Crippen LogP contribution in [0.2, 0.25) is 0 Å². The van der Waals surface area contributed by atoms with Crippen molar-refractivity contribution in [1.29, 1.82) is 0 Å². The van der Waals surface area contributed by atoms with E-state index in [1.807, 2.05) is 54.6 Å². The number of nitrogens with one attached hydrogen (secondary N) is 2. The van der Waals surface area contributed by atoms with Crippen LogP contribution in [0.3, 0.4) is 0 Å². The fraction of sp³-hybridized carbons (Fsp3) is 0.355. The van der Waals surface area contributed by atoms with Crippen molar-refractivity contribution in [2.75, 3.05) is 29.9 Å². The molecule has 1 aliphatic heterocycles. The van der Waals surface area contributed by atoms with Crippen molar-refractivity contribution in [3.05, 3.63) is 89.5 Å². The van der Waals surface area contributed by atoms with Crippen molar-refractivity contribution < 1.29 is 14.3 Å². The number of benzene rings is 3. The van der Waals surface area contributed by atoms with E-state index in [-0.39, 0.29) is 11.8 Å². The molecule has 4 rings (SSSR count). The first-order valence-electron chi connectivity index (χ1n) is 13.3. The first-order chi connectivity index (χ1) is 18.0. The number of amides is 2. The summed E-state index contributed by atoms with van der Waals surface area (Å²) in [5, 5.41) is 6.01. The van der Waals surface area contributed by atoms with Crippen molar-refractivity contribution in [3.8, 4) is 5.75 Å². The highest BCUT2D eigenvalue weighted by molar-refractivity contribution is 6.06. The molecule has 0 atom stereocenters. The Hall–Kier alpha value is -3.80. The molecule has 0 radical (unpaired) electrons. The van der Waals surface area contributed by atoms with E-state index in [0.717, 1.165) is 55.8 Å². The van der Waals surface area contributed by atoms with E-state index in [9.17, 15) is 9.59 Å². The van der Waals surface area contributed by atoms with Crippen LogP contribution in [0.25, 0.3) is 0 Å². The van der Waals surface area contributed by atoms with Crippen molar-refractivity contribution in [2.45, 2.75) is 46.1 Å². The van der Waals surface area contributed by atoms with Gasteiger partial charge >= 0.3 is 0 Å². The largest absolute Gasteiger partial charge is 0.494 e. The molecule has 194 valence electrons. The highest BCUT2D eigenvalue weighted by atomic mass is 16.5. The second-order valence-electron chi connectivity index (χ2n) is 9.75. The van der Waals surface area contributed by atoms with E-state index in [2.05, 4.69) is 29.4 Å². The summed E-state index contributed by atoms with van der Waals surface area (Å²) in [7, 11) is 0. The normalized spacial score (nSPS) is 13.7. The van der Waals surface area contributed by atoms with Gasteiger partial charge in [0, 0.05) is 36.6 Å². The minimum absolute atomic E-state index is 0.151. The van der Waals surface area contributed by atoms with Gasteiger partial charge in [0.15, 0.2) is 0 Å². The van der Waals surface area contributed by atoms with Gasteiger partial charge in [0.2, 0.25) is 0 Å². The summed E-state index contributed by atoms with van der Waals surface area (Å²) in [5.74, 6) is 1.06. The third kappa shape index (κ3) is 7.35. The average Bonchev–Trinajstić information content (AvgIpc) is 2.93. The van der Waals surface area contributed by atoms with Gasteiger partial charge in [-0.15, -0.1) is 0 Å². The molecule has 3 aromatic rings. The van der Waals surface area contributed by atoms with Crippen molar-refractivity contribution in [2.24, 2.45) is 5.92 Å². The Balaban J connectivity index is 1.49. The fourth-order valence-electron chi connectivity index (χ4n) is 4.43. The van der Waals surface area contributed by atoms with E-state index in [1.54, 1.807) is 18.2 Å². The van der Waals surface area contributed by atoms with Crippen molar-refractivity contribution in [3.63, 3.8) is 0 Å². The number of hydrogen-bond acceptors (Lipinski definition) is 4. The number of ether oxygens (including phenoxy) is 1. The highest BCUT2D eigenvalue weighted by Crippen LogP contribution is 2.29. The number of carbonyl (C=O) groups is 2. The molecular weight excluding hydrogens is 462 g/mol. The number of carbonyl (C=O) groups excluding carboxylic acids is 2. The van der Waals surface area contributed by atoms with Gasteiger partial charge in [0.1, 0.15) is 5.75 Å². The molecule has 3 aromatic carbocycles. The maximum Gasteiger partial charge on any atom is 0.255 e. The molecule has 6 heteroatoms. The standard InChI is InChI=1S/C31H37N3O3/c1-3-4-20-37-27-13-10-25(11-14-27)30(35)33-26-12-15-29(34-18-16-23(2)17-19-34)28(21-26)31(36)32-22-24-8-6-5-7-9-24/h5-15,21,23H,3-4,16-20,22H2,1-2H3,(H,32,36)(H,33,35). The molecule has 1 heterocycles. The third-order valence-corrected chi connectivity index (χ3v) is 6.80. The number of unbranched alkanes of at least 4 members (excludes halogenated alkanes) is 1. The molecule has 0 spiro atoms. The number of anilines is 2. The first kappa shape index (κ1) is 26.3. The van der Waals surface area contributed by atoms with Crippen LogP contribution in [-0.4, -0.2) is 31.5 Å². The topological polar surface area (TPSA) is 70.7 Å². The molecule has 1 saturated heterocycles. The Bertz CT molecular complexity index is 1170. The van der Waals surface area contributed by atoms with Gasteiger partial charge in [-0.25, -0.2) is 0 Å². The number of nitrogens with zero attached hydrogens (tertiary/aromatic N) is 1. The SMILES string of the molecule is CCCCOc1ccc(C(=O)Nc2ccc(N3CCC(C)CC3)c(C(=O)NCc3ccccc3)c2)cc1. The molecule has 2 N–H and O–H groups in total. The highest BCUT2D eigenvalue weighted by Gasteiger charge is 2.22. The summed E-state index contributed by atoms with van der Waals surface area (Å²) in [6, 6.07) is 22.6. The third-order valence-electron chi connectivity index (χ3n) is 6.80. The van der Waals surface area contributed by atoms with E-state index >= 15 is 0 Å². The summed E-state index contributed by atoms with van der Waals surface area (Å²) < 4.78 is 5.69. The Kier molecular flexibility index (Phi) is 9.19. The van der Waals surface area contributed by atoms with Gasteiger partial charge in [0.25, 0.3) is 11.8 Å².